The van der Waals surface area contributed by atoms with Crippen LogP contribution in [0.15, 0.2) is 84.9 Å². The van der Waals surface area contributed by atoms with Gasteiger partial charge in [-0.25, -0.2) is 0 Å². The van der Waals surface area contributed by atoms with Crippen LogP contribution in [0.25, 0.3) is 11.6 Å². The molecule has 0 atom stereocenters. The summed E-state index contributed by atoms with van der Waals surface area (Å²) in [5, 5.41) is 0. The summed E-state index contributed by atoms with van der Waals surface area (Å²) in [5.74, 6) is 0.736. The zero-order valence-corrected chi connectivity index (χ0v) is 13.5. The molecule has 0 aliphatic heterocycles. The molecule has 118 valence electrons. The second-order valence-corrected chi connectivity index (χ2v) is 5.36. The molecule has 0 aromatic heterocycles. The average molecular weight is 314 g/mol. The molecule has 0 radical (unpaired) electrons. The van der Waals surface area contributed by atoms with Gasteiger partial charge < -0.3 is 4.74 Å². The lowest BCUT2D eigenvalue weighted by Crippen LogP contribution is -2.03. The molecule has 0 aliphatic rings. The van der Waals surface area contributed by atoms with Crippen LogP contribution < -0.4 is 4.74 Å². The Bertz CT molecular complexity index is 849. The van der Waals surface area contributed by atoms with Crippen molar-refractivity contribution in [2.24, 2.45) is 0 Å². The fraction of sp³-hybridized carbons (Fsp3) is 0.0455. The first-order valence-corrected chi connectivity index (χ1v) is 7.79. The van der Waals surface area contributed by atoms with Gasteiger partial charge in [0, 0.05) is 16.7 Å². The lowest BCUT2D eigenvalue weighted by molar-refractivity contribution is 0.105. The Labute approximate surface area is 142 Å². The van der Waals surface area contributed by atoms with Crippen LogP contribution in [-0.2, 0) is 0 Å². The molecule has 0 N–H and O–H groups in total. The standard InChI is InChI=1S/C22H18O2/c1-24-21-15-9-8-14-19(21)16-20(17-10-4-2-5-11-17)22(23)18-12-6-3-7-13-18/h2-16H,1H3/b20-16-. The SMILES string of the molecule is COc1ccccc1/C=C(\C(=O)c1ccccc1)c1ccccc1. The first-order chi connectivity index (χ1) is 11.8. The predicted molar refractivity (Wildman–Crippen MR) is 98.1 cm³/mol. The van der Waals surface area contributed by atoms with Gasteiger partial charge in [0.2, 0.25) is 0 Å². The lowest BCUT2D eigenvalue weighted by Gasteiger charge is -2.10. The minimum Gasteiger partial charge on any atom is -0.496 e. The number of carbonyl (C=O) groups excluding carboxylic acids is 1. The zero-order valence-electron chi connectivity index (χ0n) is 13.5. The molecule has 0 bridgehead atoms. The van der Waals surface area contributed by atoms with E-state index in [9.17, 15) is 4.79 Å². The highest BCUT2D eigenvalue weighted by Crippen LogP contribution is 2.27. The molecule has 0 fully saturated rings. The Morgan fingerprint density at radius 1 is 0.750 bits per heavy atom. The Morgan fingerprint density at radius 2 is 1.29 bits per heavy atom. The van der Waals surface area contributed by atoms with E-state index in [-0.39, 0.29) is 5.78 Å². The third-order valence-electron chi connectivity index (χ3n) is 3.80. The molecule has 0 aliphatic carbocycles. The Balaban J connectivity index is 2.13. The molecule has 3 aromatic rings. The normalized spacial score (nSPS) is 11.1. The van der Waals surface area contributed by atoms with Crippen LogP contribution in [-0.4, -0.2) is 12.9 Å². The minimum absolute atomic E-state index is 0.00675. The van der Waals surface area contributed by atoms with Gasteiger partial charge >= 0.3 is 0 Å². The van der Waals surface area contributed by atoms with Crippen molar-refractivity contribution < 1.29 is 9.53 Å². The highest BCUT2D eigenvalue weighted by molar-refractivity contribution is 6.32. The smallest absolute Gasteiger partial charge is 0.193 e. The predicted octanol–water partition coefficient (Wildman–Crippen LogP) is 5.12. The summed E-state index contributed by atoms with van der Waals surface area (Å²) in [6.45, 7) is 0. The van der Waals surface area contributed by atoms with Gasteiger partial charge in [-0.1, -0.05) is 78.9 Å². The maximum atomic E-state index is 13.0. The molecule has 2 heteroatoms. The summed E-state index contributed by atoms with van der Waals surface area (Å²) < 4.78 is 5.41. The van der Waals surface area contributed by atoms with Gasteiger partial charge in [0.15, 0.2) is 5.78 Å². The molecule has 0 unspecified atom stereocenters. The van der Waals surface area contributed by atoms with Crippen molar-refractivity contribution >= 4 is 17.4 Å². The number of ether oxygens (including phenoxy) is 1. The Hall–Kier alpha value is -3.13. The third kappa shape index (κ3) is 3.44. The summed E-state index contributed by atoms with van der Waals surface area (Å²) >= 11 is 0. The average Bonchev–Trinajstić information content (AvgIpc) is 2.67. The van der Waals surface area contributed by atoms with E-state index in [2.05, 4.69) is 0 Å². The monoisotopic (exact) mass is 314 g/mol. The maximum absolute atomic E-state index is 13.0. The molecule has 0 spiro atoms. The first-order valence-electron chi connectivity index (χ1n) is 7.79. The number of Topliss-reactive ketones (excluding diaryl/α,β-unsaturated/α-hetero) is 1. The number of benzene rings is 3. The molecule has 3 rings (SSSR count). The summed E-state index contributed by atoms with van der Waals surface area (Å²) in [6.07, 6.45) is 1.89. The third-order valence-corrected chi connectivity index (χ3v) is 3.80. The van der Waals surface area contributed by atoms with Crippen LogP contribution in [0.3, 0.4) is 0 Å². The molecule has 3 aromatic carbocycles. The quantitative estimate of drug-likeness (QED) is 0.371. The van der Waals surface area contributed by atoms with E-state index >= 15 is 0 Å². The fourth-order valence-electron chi connectivity index (χ4n) is 2.58. The van der Waals surface area contributed by atoms with Crippen LogP contribution >= 0.6 is 0 Å². The van der Waals surface area contributed by atoms with Gasteiger partial charge in [-0.2, -0.15) is 0 Å². The first kappa shape index (κ1) is 15.8. The van der Waals surface area contributed by atoms with E-state index in [1.54, 1.807) is 7.11 Å². The van der Waals surface area contributed by atoms with E-state index in [1.165, 1.54) is 0 Å². The molecular weight excluding hydrogens is 296 g/mol. The molecule has 2 nitrogen and oxygen atoms in total. The van der Waals surface area contributed by atoms with Crippen molar-refractivity contribution in [3.8, 4) is 5.75 Å². The number of methoxy groups -OCH3 is 1. The molecule has 0 saturated heterocycles. The molecule has 0 heterocycles. The Morgan fingerprint density at radius 3 is 1.92 bits per heavy atom. The van der Waals surface area contributed by atoms with Crippen molar-refractivity contribution in [2.75, 3.05) is 7.11 Å². The van der Waals surface area contributed by atoms with Crippen LogP contribution in [0, 0.1) is 0 Å². The Kier molecular flexibility index (Phi) is 4.87. The van der Waals surface area contributed by atoms with Gasteiger partial charge in [-0.3, -0.25) is 4.79 Å². The van der Waals surface area contributed by atoms with Gasteiger partial charge in [0.05, 0.1) is 7.11 Å². The second-order valence-electron chi connectivity index (χ2n) is 5.36. The van der Waals surface area contributed by atoms with Crippen LogP contribution in [0.1, 0.15) is 21.5 Å². The van der Waals surface area contributed by atoms with E-state index in [0.717, 1.165) is 16.9 Å². The second kappa shape index (κ2) is 7.42. The van der Waals surface area contributed by atoms with Crippen LogP contribution in [0.2, 0.25) is 0 Å². The fourth-order valence-corrected chi connectivity index (χ4v) is 2.58. The largest absolute Gasteiger partial charge is 0.496 e. The number of carbonyl (C=O) groups is 1. The number of allylic oxidation sites excluding steroid dienone is 1. The van der Waals surface area contributed by atoms with E-state index in [4.69, 9.17) is 4.74 Å². The van der Waals surface area contributed by atoms with Crippen molar-refractivity contribution in [3.05, 3.63) is 102 Å². The molecular formula is C22H18O2. The number of hydrogen-bond acceptors (Lipinski definition) is 2. The van der Waals surface area contributed by atoms with E-state index in [1.807, 2.05) is 91.0 Å². The number of rotatable bonds is 5. The summed E-state index contributed by atoms with van der Waals surface area (Å²) in [6, 6.07) is 26.7. The van der Waals surface area contributed by atoms with Gasteiger partial charge in [0.1, 0.15) is 5.75 Å². The number of ketones is 1. The van der Waals surface area contributed by atoms with Crippen molar-refractivity contribution in [1.82, 2.24) is 0 Å². The zero-order chi connectivity index (χ0) is 16.8. The molecule has 24 heavy (non-hydrogen) atoms. The van der Waals surface area contributed by atoms with Crippen LogP contribution in [0.5, 0.6) is 5.75 Å². The number of hydrogen-bond donors (Lipinski definition) is 0. The highest BCUT2D eigenvalue weighted by Gasteiger charge is 2.15. The highest BCUT2D eigenvalue weighted by atomic mass is 16.5. The van der Waals surface area contributed by atoms with Crippen molar-refractivity contribution in [1.29, 1.82) is 0 Å². The summed E-state index contributed by atoms with van der Waals surface area (Å²) in [7, 11) is 1.63. The van der Waals surface area contributed by atoms with Crippen molar-refractivity contribution in [3.63, 3.8) is 0 Å². The topological polar surface area (TPSA) is 26.3 Å². The molecule has 0 saturated carbocycles. The van der Waals surface area contributed by atoms with E-state index in [0.29, 0.717) is 11.1 Å². The van der Waals surface area contributed by atoms with Crippen LogP contribution in [0.4, 0.5) is 0 Å². The minimum atomic E-state index is -0.00675. The number of para-hydroxylation sites is 1. The maximum Gasteiger partial charge on any atom is 0.193 e. The van der Waals surface area contributed by atoms with Gasteiger partial charge in [0.25, 0.3) is 0 Å². The van der Waals surface area contributed by atoms with Gasteiger partial charge in [-0.05, 0) is 17.7 Å². The summed E-state index contributed by atoms with van der Waals surface area (Å²) in [4.78, 5) is 13.0. The van der Waals surface area contributed by atoms with E-state index < -0.39 is 0 Å². The lowest BCUT2D eigenvalue weighted by atomic mass is 9.94. The van der Waals surface area contributed by atoms with Crippen molar-refractivity contribution in [2.45, 2.75) is 0 Å². The van der Waals surface area contributed by atoms with Gasteiger partial charge in [-0.15, -0.1) is 0 Å². The summed E-state index contributed by atoms with van der Waals surface area (Å²) in [5.41, 5.74) is 3.08. The molecule has 0 amide bonds.